The van der Waals surface area contributed by atoms with Gasteiger partial charge in [0.15, 0.2) is 5.65 Å². The number of hydrogen-bond donors (Lipinski definition) is 1. The zero-order valence-corrected chi connectivity index (χ0v) is 13.3. The number of ether oxygens (including phenoxy) is 1. The molecule has 0 radical (unpaired) electrons. The van der Waals surface area contributed by atoms with Crippen LogP contribution in [-0.2, 0) is 9.53 Å². The first-order valence-electron chi connectivity index (χ1n) is 7.31. The summed E-state index contributed by atoms with van der Waals surface area (Å²) in [5.41, 5.74) is 4.19. The molecular weight excluding hydrogens is 292 g/mol. The van der Waals surface area contributed by atoms with Crippen molar-refractivity contribution in [3.8, 4) is 11.1 Å². The van der Waals surface area contributed by atoms with Crippen LogP contribution in [0.1, 0.15) is 11.4 Å². The molecule has 0 spiro atoms. The zero-order valence-electron chi connectivity index (χ0n) is 13.3. The molecule has 0 unspecified atom stereocenters. The summed E-state index contributed by atoms with van der Waals surface area (Å²) >= 11 is 0. The van der Waals surface area contributed by atoms with Gasteiger partial charge in [-0.3, -0.25) is 4.79 Å². The molecule has 0 fully saturated rings. The summed E-state index contributed by atoms with van der Waals surface area (Å²) in [6.07, 6.45) is 0. The van der Waals surface area contributed by atoms with Crippen LogP contribution in [0.5, 0.6) is 0 Å². The number of nitrogens with one attached hydrogen (secondary N) is 1. The fourth-order valence-electron chi connectivity index (χ4n) is 2.60. The second-order valence-electron chi connectivity index (χ2n) is 5.32. The van der Waals surface area contributed by atoms with E-state index < -0.39 is 0 Å². The second-order valence-corrected chi connectivity index (χ2v) is 5.32. The monoisotopic (exact) mass is 310 g/mol. The molecule has 0 atom stereocenters. The Kier molecular flexibility index (Phi) is 4.08. The minimum atomic E-state index is -0.232. The van der Waals surface area contributed by atoms with Crippen LogP contribution in [0.3, 0.4) is 0 Å². The molecule has 6 heteroatoms. The summed E-state index contributed by atoms with van der Waals surface area (Å²) < 4.78 is 6.58. The van der Waals surface area contributed by atoms with Crippen LogP contribution in [0.25, 0.3) is 16.8 Å². The Bertz CT molecular complexity index is 856. The van der Waals surface area contributed by atoms with E-state index in [9.17, 15) is 4.79 Å². The first-order chi connectivity index (χ1) is 11.1. The van der Waals surface area contributed by atoms with Crippen molar-refractivity contribution in [1.29, 1.82) is 0 Å². The highest BCUT2D eigenvalue weighted by atomic mass is 16.5. The Labute approximate surface area is 134 Å². The lowest BCUT2D eigenvalue weighted by atomic mass is 10.0. The number of aromatic nitrogens is 3. The van der Waals surface area contributed by atoms with Gasteiger partial charge in [-0.05, 0) is 19.4 Å². The zero-order chi connectivity index (χ0) is 16.4. The molecule has 3 aromatic rings. The minimum Gasteiger partial charge on any atom is -0.375 e. The van der Waals surface area contributed by atoms with Gasteiger partial charge in [0, 0.05) is 18.7 Å². The predicted octanol–water partition coefficient (Wildman–Crippen LogP) is 2.60. The third-order valence-electron chi connectivity index (χ3n) is 3.50. The highest BCUT2D eigenvalue weighted by molar-refractivity contribution is 5.96. The standard InChI is InChI=1S/C17H18N4O2/c1-11-9-14-18-12(2)16(13-7-5-4-6-8-13)17(21(14)20-11)19-15(22)10-23-3/h4-9H,10H2,1-3H3,(H,19,22). The van der Waals surface area contributed by atoms with Crippen molar-refractivity contribution in [2.24, 2.45) is 0 Å². The molecule has 6 nitrogen and oxygen atoms in total. The van der Waals surface area contributed by atoms with Gasteiger partial charge < -0.3 is 10.1 Å². The van der Waals surface area contributed by atoms with E-state index in [1.54, 1.807) is 4.52 Å². The van der Waals surface area contributed by atoms with Crippen molar-refractivity contribution in [3.63, 3.8) is 0 Å². The maximum Gasteiger partial charge on any atom is 0.251 e. The number of aryl methyl sites for hydroxylation is 2. The molecule has 0 bridgehead atoms. The Morgan fingerprint density at radius 3 is 2.70 bits per heavy atom. The number of anilines is 1. The van der Waals surface area contributed by atoms with Gasteiger partial charge in [-0.15, -0.1) is 0 Å². The lowest BCUT2D eigenvalue weighted by Crippen LogP contribution is -2.20. The third kappa shape index (κ3) is 2.93. The van der Waals surface area contributed by atoms with E-state index in [2.05, 4.69) is 15.4 Å². The van der Waals surface area contributed by atoms with Crippen LogP contribution < -0.4 is 5.32 Å². The van der Waals surface area contributed by atoms with Crippen LogP contribution in [0, 0.1) is 13.8 Å². The van der Waals surface area contributed by atoms with Crippen LogP contribution in [0.15, 0.2) is 36.4 Å². The van der Waals surface area contributed by atoms with Gasteiger partial charge >= 0.3 is 0 Å². The summed E-state index contributed by atoms with van der Waals surface area (Å²) in [4.78, 5) is 16.7. The minimum absolute atomic E-state index is 0.0165. The van der Waals surface area contributed by atoms with Crippen molar-refractivity contribution in [1.82, 2.24) is 14.6 Å². The first kappa shape index (κ1) is 15.2. The predicted molar refractivity (Wildman–Crippen MR) is 88.4 cm³/mol. The molecular formula is C17H18N4O2. The summed E-state index contributed by atoms with van der Waals surface area (Å²) in [7, 11) is 1.49. The number of benzene rings is 1. The van der Waals surface area contributed by atoms with Crippen LogP contribution >= 0.6 is 0 Å². The molecule has 1 amide bonds. The van der Waals surface area contributed by atoms with E-state index in [0.29, 0.717) is 11.5 Å². The molecule has 3 rings (SSSR count). The van der Waals surface area contributed by atoms with Crippen molar-refractivity contribution < 1.29 is 9.53 Å². The Hall–Kier alpha value is -2.73. The molecule has 1 N–H and O–H groups in total. The average Bonchev–Trinajstić information content (AvgIpc) is 2.88. The highest BCUT2D eigenvalue weighted by Crippen LogP contribution is 2.31. The lowest BCUT2D eigenvalue weighted by molar-refractivity contribution is -0.119. The van der Waals surface area contributed by atoms with Gasteiger partial charge in [-0.2, -0.15) is 9.61 Å². The summed E-state index contributed by atoms with van der Waals surface area (Å²) in [6.45, 7) is 3.81. The summed E-state index contributed by atoms with van der Waals surface area (Å²) in [6, 6.07) is 11.7. The molecule has 0 aliphatic heterocycles. The topological polar surface area (TPSA) is 68.5 Å². The van der Waals surface area contributed by atoms with Crippen molar-refractivity contribution in [2.45, 2.75) is 13.8 Å². The molecule has 23 heavy (non-hydrogen) atoms. The maximum atomic E-state index is 12.1. The number of amides is 1. The first-order valence-corrected chi connectivity index (χ1v) is 7.31. The Morgan fingerprint density at radius 1 is 1.26 bits per heavy atom. The summed E-state index contributed by atoms with van der Waals surface area (Å²) in [5, 5.41) is 7.36. The van der Waals surface area contributed by atoms with Gasteiger partial charge in [-0.1, -0.05) is 30.3 Å². The molecule has 0 aliphatic rings. The molecule has 1 aromatic carbocycles. The fraction of sp³-hybridized carbons (Fsp3) is 0.235. The maximum absolute atomic E-state index is 12.1. The number of nitrogens with zero attached hydrogens (tertiary/aromatic N) is 3. The van der Waals surface area contributed by atoms with E-state index in [1.165, 1.54) is 7.11 Å². The van der Waals surface area contributed by atoms with E-state index in [4.69, 9.17) is 4.74 Å². The lowest BCUT2D eigenvalue weighted by Gasteiger charge is -2.15. The molecule has 2 heterocycles. The van der Waals surface area contributed by atoms with Crippen LogP contribution in [0.2, 0.25) is 0 Å². The van der Waals surface area contributed by atoms with Crippen molar-refractivity contribution in [3.05, 3.63) is 47.8 Å². The average molecular weight is 310 g/mol. The van der Waals surface area contributed by atoms with Gasteiger partial charge in [0.25, 0.3) is 5.91 Å². The van der Waals surface area contributed by atoms with Gasteiger partial charge in [0.2, 0.25) is 0 Å². The van der Waals surface area contributed by atoms with E-state index >= 15 is 0 Å². The number of rotatable bonds is 4. The van der Waals surface area contributed by atoms with E-state index in [-0.39, 0.29) is 12.5 Å². The fourth-order valence-corrected chi connectivity index (χ4v) is 2.60. The number of fused-ring (bicyclic) bond motifs is 1. The van der Waals surface area contributed by atoms with Crippen molar-refractivity contribution >= 4 is 17.4 Å². The Balaban J connectivity index is 2.24. The number of methoxy groups -OCH3 is 1. The molecule has 2 aromatic heterocycles. The van der Waals surface area contributed by atoms with Gasteiger partial charge in [0.1, 0.15) is 12.4 Å². The number of carbonyl (C=O) groups is 1. The van der Waals surface area contributed by atoms with Gasteiger partial charge in [-0.25, -0.2) is 4.98 Å². The quantitative estimate of drug-likeness (QED) is 0.804. The van der Waals surface area contributed by atoms with E-state index in [1.807, 2.05) is 50.2 Å². The third-order valence-corrected chi connectivity index (χ3v) is 3.50. The van der Waals surface area contributed by atoms with Crippen LogP contribution in [-0.4, -0.2) is 34.2 Å². The second kappa shape index (κ2) is 6.18. The molecule has 0 aliphatic carbocycles. The molecule has 0 saturated carbocycles. The number of hydrogen-bond acceptors (Lipinski definition) is 4. The highest BCUT2D eigenvalue weighted by Gasteiger charge is 2.18. The van der Waals surface area contributed by atoms with Gasteiger partial charge in [0.05, 0.1) is 11.4 Å². The molecule has 118 valence electrons. The number of carbonyl (C=O) groups excluding carboxylic acids is 1. The normalized spacial score (nSPS) is 10.9. The van der Waals surface area contributed by atoms with E-state index in [0.717, 1.165) is 22.5 Å². The largest absolute Gasteiger partial charge is 0.375 e. The SMILES string of the molecule is COCC(=O)Nc1c(-c2ccccc2)c(C)nc2cc(C)nn12. The van der Waals surface area contributed by atoms with Crippen molar-refractivity contribution in [2.75, 3.05) is 19.0 Å². The molecule has 0 saturated heterocycles. The Morgan fingerprint density at radius 2 is 2.00 bits per heavy atom. The van der Waals surface area contributed by atoms with Crippen LogP contribution in [0.4, 0.5) is 5.82 Å². The smallest absolute Gasteiger partial charge is 0.251 e. The summed E-state index contributed by atoms with van der Waals surface area (Å²) in [5.74, 6) is 0.374.